The number of nitrogens with zero attached hydrogens (tertiary/aromatic N) is 1. The van der Waals surface area contributed by atoms with E-state index in [-0.39, 0.29) is 24.0 Å². The molecule has 0 saturated carbocycles. The number of benzene rings is 1. The number of halogens is 1. The van der Waals surface area contributed by atoms with Crippen LogP contribution in [0.1, 0.15) is 25.3 Å². The highest BCUT2D eigenvalue weighted by molar-refractivity contribution is 14.0. The van der Waals surface area contributed by atoms with Crippen molar-refractivity contribution >= 4 is 35.6 Å². The molecule has 0 aromatic heterocycles. The van der Waals surface area contributed by atoms with E-state index < -0.39 is 0 Å². The highest BCUT2D eigenvalue weighted by Crippen LogP contribution is 2.11. The van der Waals surface area contributed by atoms with Crippen molar-refractivity contribution in [3.8, 4) is 0 Å². The van der Waals surface area contributed by atoms with Gasteiger partial charge in [-0.25, -0.2) is 4.99 Å². The van der Waals surface area contributed by atoms with Crippen molar-refractivity contribution < 1.29 is 4.74 Å². The fourth-order valence-corrected chi connectivity index (χ4v) is 2.44. The summed E-state index contributed by atoms with van der Waals surface area (Å²) in [6.07, 6.45) is 6.59. The van der Waals surface area contributed by atoms with Gasteiger partial charge in [-0.1, -0.05) is 24.3 Å². The Labute approximate surface area is 162 Å². The van der Waals surface area contributed by atoms with Crippen LogP contribution in [0.15, 0.2) is 41.4 Å². The molecule has 0 saturated heterocycles. The van der Waals surface area contributed by atoms with Crippen LogP contribution in [0.25, 0.3) is 0 Å². The fraction of sp³-hybridized carbons (Fsp3) is 0.500. The lowest BCUT2D eigenvalue weighted by Gasteiger charge is -2.16. The van der Waals surface area contributed by atoms with E-state index >= 15 is 0 Å². The van der Waals surface area contributed by atoms with Crippen LogP contribution in [0.4, 0.5) is 5.69 Å². The number of nitrogens with one attached hydrogen (secondary N) is 3. The standard InChI is InChI=1S/C18H28N4O.HI/c1-3-19-18(22-17-6-4-5-7-17)21-14-15-8-10-16(11-9-15)20-12-13-23-2;/h4-5,8-11,17,20H,3,6-7,12-14H2,1-2H3,(H2,19,21,22);1H. The van der Waals surface area contributed by atoms with Crippen LogP contribution in [0.2, 0.25) is 0 Å². The quantitative estimate of drug-likeness (QED) is 0.190. The van der Waals surface area contributed by atoms with Crippen molar-refractivity contribution in [2.75, 3.05) is 32.1 Å². The molecule has 0 aliphatic heterocycles. The number of methoxy groups -OCH3 is 1. The second-order valence-electron chi connectivity index (χ2n) is 5.60. The van der Waals surface area contributed by atoms with Crippen LogP contribution in [-0.2, 0) is 11.3 Å². The third-order valence-electron chi connectivity index (χ3n) is 3.70. The van der Waals surface area contributed by atoms with Crippen LogP contribution in [0.5, 0.6) is 0 Å². The van der Waals surface area contributed by atoms with Gasteiger partial charge in [0.05, 0.1) is 13.2 Å². The topological polar surface area (TPSA) is 57.7 Å². The number of hydrogen-bond donors (Lipinski definition) is 3. The van der Waals surface area contributed by atoms with Gasteiger partial charge in [-0.15, -0.1) is 24.0 Å². The molecule has 0 amide bonds. The number of rotatable bonds is 8. The molecule has 134 valence electrons. The van der Waals surface area contributed by atoms with Gasteiger partial charge in [0, 0.05) is 31.9 Å². The Balaban J connectivity index is 0.00000288. The molecule has 1 aliphatic rings. The minimum atomic E-state index is 0. The van der Waals surface area contributed by atoms with E-state index in [1.165, 1.54) is 5.56 Å². The molecule has 0 radical (unpaired) electrons. The zero-order valence-electron chi connectivity index (χ0n) is 14.5. The van der Waals surface area contributed by atoms with E-state index in [1.54, 1.807) is 7.11 Å². The summed E-state index contributed by atoms with van der Waals surface area (Å²) in [5.41, 5.74) is 2.31. The molecular weight excluding hydrogens is 415 g/mol. The van der Waals surface area contributed by atoms with Crippen molar-refractivity contribution in [3.63, 3.8) is 0 Å². The minimum Gasteiger partial charge on any atom is -0.383 e. The maximum Gasteiger partial charge on any atom is 0.191 e. The molecular formula is C18H29IN4O. The van der Waals surface area contributed by atoms with E-state index in [4.69, 9.17) is 4.74 Å². The first-order chi connectivity index (χ1) is 11.3. The Morgan fingerprint density at radius 3 is 2.54 bits per heavy atom. The minimum absolute atomic E-state index is 0. The average Bonchev–Trinajstić information content (AvgIpc) is 3.07. The van der Waals surface area contributed by atoms with Crippen molar-refractivity contribution in [2.45, 2.75) is 32.4 Å². The first-order valence-corrected chi connectivity index (χ1v) is 8.33. The maximum atomic E-state index is 5.03. The van der Waals surface area contributed by atoms with Gasteiger partial charge in [-0.3, -0.25) is 0 Å². The van der Waals surface area contributed by atoms with Crippen LogP contribution in [0, 0.1) is 0 Å². The molecule has 2 rings (SSSR count). The van der Waals surface area contributed by atoms with Crippen molar-refractivity contribution in [2.24, 2.45) is 4.99 Å². The van der Waals surface area contributed by atoms with Gasteiger partial charge in [-0.05, 0) is 37.5 Å². The molecule has 0 unspecified atom stereocenters. The SMILES string of the molecule is CCNC(=NCc1ccc(NCCOC)cc1)NC1CC=CC1.I. The van der Waals surface area contributed by atoms with Crippen LogP contribution in [-0.4, -0.2) is 38.8 Å². The summed E-state index contributed by atoms with van der Waals surface area (Å²) in [6.45, 7) is 5.16. The zero-order chi connectivity index (χ0) is 16.3. The monoisotopic (exact) mass is 444 g/mol. The van der Waals surface area contributed by atoms with E-state index in [2.05, 4.69) is 64.3 Å². The van der Waals surface area contributed by atoms with Gasteiger partial charge in [0.15, 0.2) is 5.96 Å². The first-order valence-electron chi connectivity index (χ1n) is 8.33. The van der Waals surface area contributed by atoms with E-state index in [0.29, 0.717) is 19.2 Å². The van der Waals surface area contributed by atoms with Gasteiger partial charge in [0.2, 0.25) is 0 Å². The maximum absolute atomic E-state index is 5.03. The molecule has 3 N–H and O–H groups in total. The molecule has 5 nitrogen and oxygen atoms in total. The predicted octanol–water partition coefficient (Wildman–Crippen LogP) is 3.14. The molecule has 1 aliphatic carbocycles. The Morgan fingerprint density at radius 1 is 1.21 bits per heavy atom. The normalized spacial score (nSPS) is 14.3. The lowest BCUT2D eigenvalue weighted by atomic mass is 10.2. The van der Waals surface area contributed by atoms with Gasteiger partial charge in [-0.2, -0.15) is 0 Å². The van der Waals surface area contributed by atoms with Crippen molar-refractivity contribution in [1.82, 2.24) is 10.6 Å². The zero-order valence-corrected chi connectivity index (χ0v) is 16.9. The number of ether oxygens (including phenoxy) is 1. The highest BCUT2D eigenvalue weighted by atomic mass is 127. The summed E-state index contributed by atoms with van der Waals surface area (Å²) in [5, 5.41) is 10.1. The summed E-state index contributed by atoms with van der Waals surface area (Å²) in [5.74, 6) is 0.892. The van der Waals surface area contributed by atoms with E-state index in [0.717, 1.165) is 37.6 Å². The smallest absolute Gasteiger partial charge is 0.191 e. The molecule has 0 fully saturated rings. The van der Waals surface area contributed by atoms with Crippen LogP contribution < -0.4 is 16.0 Å². The largest absolute Gasteiger partial charge is 0.383 e. The summed E-state index contributed by atoms with van der Waals surface area (Å²) in [4.78, 5) is 4.68. The Bertz CT molecular complexity index is 508. The second-order valence-corrected chi connectivity index (χ2v) is 5.60. The molecule has 6 heteroatoms. The third kappa shape index (κ3) is 7.53. The van der Waals surface area contributed by atoms with Crippen LogP contribution in [0.3, 0.4) is 0 Å². The Morgan fingerprint density at radius 2 is 1.92 bits per heavy atom. The summed E-state index contributed by atoms with van der Waals surface area (Å²) in [6, 6.07) is 8.86. The van der Waals surface area contributed by atoms with Gasteiger partial charge in [0.25, 0.3) is 0 Å². The third-order valence-corrected chi connectivity index (χ3v) is 3.70. The number of guanidine groups is 1. The number of aliphatic imine (C=N–C) groups is 1. The first kappa shape index (κ1) is 20.8. The van der Waals surface area contributed by atoms with Gasteiger partial charge >= 0.3 is 0 Å². The lowest BCUT2D eigenvalue weighted by molar-refractivity contribution is 0.211. The highest BCUT2D eigenvalue weighted by Gasteiger charge is 2.11. The fourth-order valence-electron chi connectivity index (χ4n) is 2.44. The average molecular weight is 444 g/mol. The van der Waals surface area contributed by atoms with Gasteiger partial charge < -0.3 is 20.7 Å². The summed E-state index contributed by atoms with van der Waals surface area (Å²) in [7, 11) is 1.71. The molecule has 0 heterocycles. The van der Waals surface area contributed by atoms with Crippen LogP contribution >= 0.6 is 24.0 Å². The Kier molecular flexibility index (Phi) is 10.5. The summed E-state index contributed by atoms with van der Waals surface area (Å²) < 4.78 is 5.03. The van der Waals surface area contributed by atoms with Gasteiger partial charge in [0.1, 0.15) is 0 Å². The molecule has 0 atom stereocenters. The van der Waals surface area contributed by atoms with Crippen molar-refractivity contribution in [1.29, 1.82) is 0 Å². The van der Waals surface area contributed by atoms with E-state index in [9.17, 15) is 0 Å². The Hall–Kier alpha value is -1.28. The molecule has 0 bridgehead atoms. The summed E-state index contributed by atoms with van der Waals surface area (Å²) >= 11 is 0. The predicted molar refractivity (Wildman–Crippen MR) is 112 cm³/mol. The number of anilines is 1. The van der Waals surface area contributed by atoms with E-state index in [1.807, 2.05) is 0 Å². The molecule has 0 spiro atoms. The molecule has 1 aromatic carbocycles. The van der Waals surface area contributed by atoms with Crippen molar-refractivity contribution in [3.05, 3.63) is 42.0 Å². The lowest BCUT2D eigenvalue weighted by Crippen LogP contribution is -2.42. The number of hydrogen-bond acceptors (Lipinski definition) is 3. The molecule has 1 aromatic rings. The molecule has 24 heavy (non-hydrogen) atoms. The second kappa shape index (κ2) is 12.1.